The molecule has 0 fully saturated rings. The third kappa shape index (κ3) is 3.09. The van der Waals surface area contributed by atoms with Crippen molar-refractivity contribution < 1.29 is 13.5 Å². The van der Waals surface area contributed by atoms with Gasteiger partial charge >= 0.3 is 0 Å². The van der Waals surface area contributed by atoms with Crippen molar-refractivity contribution in [3.05, 3.63) is 51.7 Å². The van der Waals surface area contributed by atoms with E-state index in [1.165, 1.54) is 21.7 Å². The van der Waals surface area contributed by atoms with Crippen molar-refractivity contribution in [2.45, 2.75) is 25.0 Å². The van der Waals surface area contributed by atoms with Gasteiger partial charge < -0.3 is 5.11 Å². The fourth-order valence-electron chi connectivity index (χ4n) is 1.99. The Kier molecular flexibility index (Phi) is 4.59. The van der Waals surface area contributed by atoms with Crippen LogP contribution in [0.15, 0.2) is 40.6 Å². The summed E-state index contributed by atoms with van der Waals surface area (Å²) in [6.07, 6.45) is 0. The zero-order valence-electron chi connectivity index (χ0n) is 11.4. The standard InChI is InChI=1S/C14H17NO3S2/c1-11-4-3-5-12(8-11)9-15(2)20(17,18)14-6-7-19-13(14)10-16/h3-8,16H,9-10H2,1-2H3. The highest BCUT2D eigenvalue weighted by Gasteiger charge is 2.24. The molecule has 0 atom stereocenters. The number of sulfonamides is 1. The third-order valence-corrected chi connectivity index (χ3v) is 5.95. The summed E-state index contributed by atoms with van der Waals surface area (Å²) in [6, 6.07) is 9.29. The van der Waals surface area contributed by atoms with E-state index in [9.17, 15) is 13.5 Å². The van der Waals surface area contributed by atoms with Gasteiger partial charge in [-0.25, -0.2) is 8.42 Å². The van der Waals surface area contributed by atoms with Crippen LogP contribution in [0.1, 0.15) is 16.0 Å². The molecular formula is C14H17NO3S2. The highest BCUT2D eigenvalue weighted by Crippen LogP contribution is 2.25. The van der Waals surface area contributed by atoms with Gasteiger partial charge in [0, 0.05) is 18.5 Å². The van der Waals surface area contributed by atoms with Gasteiger partial charge in [0.25, 0.3) is 0 Å². The molecule has 1 aromatic heterocycles. The van der Waals surface area contributed by atoms with Crippen molar-refractivity contribution in [2.75, 3.05) is 7.05 Å². The summed E-state index contributed by atoms with van der Waals surface area (Å²) in [5.41, 5.74) is 2.04. The first kappa shape index (κ1) is 15.2. The molecule has 6 heteroatoms. The molecule has 0 saturated carbocycles. The van der Waals surface area contributed by atoms with Gasteiger partial charge in [0.05, 0.1) is 11.5 Å². The largest absolute Gasteiger partial charge is 0.391 e. The number of benzene rings is 1. The summed E-state index contributed by atoms with van der Waals surface area (Å²) in [7, 11) is -2.01. The fourth-order valence-corrected chi connectivity index (χ4v) is 4.42. The van der Waals surface area contributed by atoms with Gasteiger partial charge in [-0.15, -0.1) is 11.3 Å². The van der Waals surface area contributed by atoms with Crippen molar-refractivity contribution in [1.82, 2.24) is 4.31 Å². The molecule has 108 valence electrons. The third-order valence-electron chi connectivity index (χ3n) is 3.02. The highest BCUT2D eigenvalue weighted by atomic mass is 32.2. The van der Waals surface area contributed by atoms with E-state index in [1.807, 2.05) is 31.2 Å². The van der Waals surface area contributed by atoms with Crippen molar-refractivity contribution in [3.63, 3.8) is 0 Å². The van der Waals surface area contributed by atoms with E-state index in [0.29, 0.717) is 11.4 Å². The number of thiophene rings is 1. The highest BCUT2D eigenvalue weighted by molar-refractivity contribution is 7.89. The maximum Gasteiger partial charge on any atom is 0.244 e. The molecule has 0 aliphatic carbocycles. The molecule has 1 heterocycles. The van der Waals surface area contributed by atoms with Crippen molar-refractivity contribution in [3.8, 4) is 0 Å². The Morgan fingerprint density at radius 2 is 2.05 bits per heavy atom. The number of aryl methyl sites for hydroxylation is 1. The van der Waals surface area contributed by atoms with E-state index in [4.69, 9.17) is 0 Å². The molecule has 0 spiro atoms. The van der Waals surface area contributed by atoms with Crippen LogP contribution in [0.25, 0.3) is 0 Å². The molecule has 4 nitrogen and oxygen atoms in total. The Labute approximate surface area is 123 Å². The van der Waals surface area contributed by atoms with Gasteiger partial charge in [0.1, 0.15) is 0 Å². The van der Waals surface area contributed by atoms with Crippen LogP contribution < -0.4 is 0 Å². The molecule has 0 radical (unpaired) electrons. The number of hydrogen-bond acceptors (Lipinski definition) is 4. The average molecular weight is 311 g/mol. The van der Waals surface area contributed by atoms with Crippen LogP contribution >= 0.6 is 11.3 Å². The minimum Gasteiger partial charge on any atom is -0.391 e. The Morgan fingerprint density at radius 1 is 1.30 bits per heavy atom. The number of aliphatic hydroxyl groups excluding tert-OH is 1. The first-order valence-electron chi connectivity index (χ1n) is 6.14. The van der Waals surface area contributed by atoms with Crippen LogP contribution in [0.3, 0.4) is 0 Å². The lowest BCUT2D eigenvalue weighted by Crippen LogP contribution is -2.26. The Balaban J connectivity index is 2.26. The second-order valence-electron chi connectivity index (χ2n) is 4.62. The van der Waals surface area contributed by atoms with Crippen LogP contribution in [0.5, 0.6) is 0 Å². The summed E-state index contributed by atoms with van der Waals surface area (Å²) < 4.78 is 26.3. The Morgan fingerprint density at radius 3 is 2.70 bits per heavy atom. The van der Waals surface area contributed by atoms with E-state index >= 15 is 0 Å². The lowest BCUT2D eigenvalue weighted by atomic mass is 10.1. The molecule has 0 aliphatic rings. The normalized spacial score (nSPS) is 12.0. The molecule has 0 unspecified atom stereocenters. The number of nitrogens with zero attached hydrogens (tertiary/aromatic N) is 1. The molecule has 2 aromatic rings. The summed E-state index contributed by atoms with van der Waals surface area (Å²) in [5, 5.41) is 10.9. The summed E-state index contributed by atoms with van der Waals surface area (Å²) in [5.74, 6) is 0. The van der Waals surface area contributed by atoms with Gasteiger partial charge in [0.15, 0.2) is 0 Å². The fraction of sp³-hybridized carbons (Fsp3) is 0.286. The molecule has 20 heavy (non-hydrogen) atoms. The maximum absolute atomic E-state index is 12.5. The van der Waals surface area contributed by atoms with Gasteiger partial charge in [-0.1, -0.05) is 29.8 Å². The minimum atomic E-state index is -3.57. The van der Waals surface area contributed by atoms with E-state index in [1.54, 1.807) is 12.4 Å². The van der Waals surface area contributed by atoms with E-state index in [2.05, 4.69) is 0 Å². The van der Waals surface area contributed by atoms with Crippen LogP contribution in [0.2, 0.25) is 0 Å². The SMILES string of the molecule is Cc1cccc(CN(C)S(=O)(=O)c2ccsc2CO)c1. The van der Waals surface area contributed by atoms with E-state index in [0.717, 1.165) is 11.1 Å². The zero-order valence-corrected chi connectivity index (χ0v) is 13.0. The van der Waals surface area contributed by atoms with Crippen molar-refractivity contribution >= 4 is 21.4 Å². The molecule has 0 amide bonds. The average Bonchev–Trinajstić information content (AvgIpc) is 2.87. The summed E-state index contributed by atoms with van der Waals surface area (Å²) in [4.78, 5) is 0.668. The van der Waals surface area contributed by atoms with Crippen LogP contribution in [-0.2, 0) is 23.2 Å². The predicted octanol–water partition coefficient (Wildman–Crippen LogP) is 2.37. The topological polar surface area (TPSA) is 57.6 Å². The van der Waals surface area contributed by atoms with Crippen LogP contribution in [-0.4, -0.2) is 24.9 Å². The first-order valence-corrected chi connectivity index (χ1v) is 8.46. The predicted molar refractivity (Wildman–Crippen MR) is 80.1 cm³/mol. The lowest BCUT2D eigenvalue weighted by molar-refractivity contribution is 0.282. The molecule has 0 saturated heterocycles. The Bertz CT molecular complexity index is 692. The first-order chi connectivity index (χ1) is 9.45. The smallest absolute Gasteiger partial charge is 0.244 e. The molecule has 0 aliphatic heterocycles. The number of hydrogen-bond donors (Lipinski definition) is 1. The van der Waals surface area contributed by atoms with Gasteiger partial charge in [-0.2, -0.15) is 4.31 Å². The monoisotopic (exact) mass is 311 g/mol. The zero-order chi connectivity index (χ0) is 14.8. The van der Waals surface area contributed by atoms with Gasteiger partial charge in [-0.3, -0.25) is 0 Å². The van der Waals surface area contributed by atoms with Gasteiger partial charge in [-0.05, 0) is 23.9 Å². The van der Waals surface area contributed by atoms with E-state index in [-0.39, 0.29) is 11.5 Å². The second-order valence-corrected chi connectivity index (χ2v) is 7.63. The van der Waals surface area contributed by atoms with Crippen molar-refractivity contribution in [1.29, 1.82) is 0 Å². The molecule has 1 aromatic carbocycles. The quantitative estimate of drug-likeness (QED) is 0.922. The number of aliphatic hydroxyl groups is 1. The van der Waals surface area contributed by atoms with Crippen LogP contribution in [0.4, 0.5) is 0 Å². The minimum absolute atomic E-state index is 0.195. The summed E-state index contributed by atoms with van der Waals surface area (Å²) >= 11 is 1.25. The molecule has 0 bridgehead atoms. The maximum atomic E-state index is 12.5. The number of rotatable bonds is 5. The Hall–Kier alpha value is -1.21. The summed E-state index contributed by atoms with van der Waals surface area (Å²) in [6.45, 7) is 2.02. The molecular weight excluding hydrogens is 294 g/mol. The molecule has 1 N–H and O–H groups in total. The van der Waals surface area contributed by atoms with Crippen molar-refractivity contribution in [2.24, 2.45) is 0 Å². The second kappa shape index (κ2) is 6.05. The lowest BCUT2D eigenvalue weighted by Gasteiger charge is -2.17. The van der Waals surface area contributed by atoms with Gasteiger partial charge in [0.2, 0.25) is 10.0 Å². The molecule has 2 rings (SSSR count). The van der Waals surface area contributed by atoms with Crippen LogP contribution in [0, 0.1) is 6.92 Å². The van der Waals surface area contributed by atoms with E-state index < -0.39 is 10.0 Å².